The van der Waals surface area contributed by atoms with Crippen molar-refractivity contribution in [2.75, 3.05) is 9.80 Å². The van der Waals surface area contributed by atoms with Gasteiger partial charge in [-0.2, -0.15) is 5.11 Å². The van der Waals surface area contributed by atoms with E-state index >= 15 is 0 Å². The molecule has 0 saturated heterocycles. The Morgan fingerprint density at radius 1 is 0.656 bits per heavy atom. The van der Waals surface area contributed by atoms with Crippen LogP contribution in [0.15, 0.2) is 71.2 Å². The smallest absolute Gasteiger partial charge is 0.226 e. The van der Waals surface area contributed by atoms with Crippen molar-refractivity contribution in [3.05, 3.63) is 100 Å². The number of nitrogens with zero attached hydrogens (tertiary/aromatic N) is 4. The minimum Gasteiger partial charge on any atom is -0.305 e. The summed E-state index contributed by atoms with van der Waals surface area (Å²) < 4.78 is 13.3. The Bertz CT molecular complexity index is 1100. The van der Waals surface area contributed by atoms with Gasteiger partial charge in [0.2, 0.25) is 6.29 Å². The molecule has 1 aliphatic heterocycles. The Morgan fingerprint density at radius 3 is 1.47 bits per heavy atom. The largest absolute Gasteiger partial charge is 0.305 e. The predicted octanol–water partition coefficient (Wildman–Crippen LogP) is 7.54. The molecule has 32 heavy (non-hydrogen) atoms. The maximum atomic E-state index is 13.3. The third kappa shape index (κ3) is 4.15. The Hall–Kier alpha value is -3.47. The van der Waals surface area contributed by atoms with Gasteiger partial charge < -0.3 is 9.80 Å². The lowest BCUT2D eigenvalue weighted by atomic mass is 10.0. The van der Waals surface area contributed by atoms with Crippen LogP contribution in [0.2, 0.25) is 0 Å². The van der Waals surface area contributed by atoms with E-state index in [2.05, 4.69) is 93.1 Å². The molecule has 0 fully saturated rings. The van der Waals surface area contributed by atoms with Gasteiger partial charge in [0.15, 0.2) is 0 Å². The highest BCUT2D eigenvalue weighted by Gasteiger charge is 2.32. The van der Waals surface area contributed by atoms with Crippen LogP contribution in [0.25, 0.3) is 0 Å². The number of benzene rings is 3. The van der Waals surface area contributed by atoms with Crippen LogP contribution in [0.5, 0.6) is 0 Å². The van der Waals surface area contributed by atoms with E-state index in [1.165, 1.54) is 45.5 Å². The number of rotatable bonds is 4. The molecule has 1 aliphatic rings. The van der Waals surface area contributed by atoms with Gasteiger partial charge in [0.05, 0.1) is 17.1 Å². The monoisotopic (exact) mass is 428 g/mol. The number of hydrogen-bond acceptors (Lipinski definition) is 4. The van der Waals surface area contributed by atoms with Gasteiger partial charge in [-0.3, -0.25) is 0 Å². The predicted molar refractivity (Wildman–Crippen MR) is 130 cm³/mol. The first-order valence-electron chi connectivity index (χ1n) is 10.8. The zero-order chi connectivity index (χ0) is 23.0. The standard InChI is InChI=1S/C27H29FN4/c1-17-13-19(3)25(20(4)14-17)31-11-12-32(26-21(5)15-18(2)16-22(26)6)27(31)30-29-24-9-7-23(28)8-10-24/h7-16,27H,1-6H3/b30-29+. The van der Waals surface area contributed by atoms with Crippen molar-refractivity contribution >= 4 is 17.1 Å². The molecule has 5 heteroatoms. The summed E-state index contributed by atoms with van der Waals surface area (Å²) in [5, 5.41) is 9.21. The second-order valence-electron chi connectivity index (χ2n) is 8.65. The van der Waals surface area contributed by atoms with Crippen LogP contribution in [0.3, 0.4) is 0 Å². The summed E-state index contributed by atoms with van der Waals surface area (Å²) in [5.41, 5.74) is 10.1. The third-order valence-corrected chi connectivity index (χ3v) is 5.78. The highest BCUT2D eigenvalue weighted by molar-refractivity contribution is 5.70. The van der Waals surface area contributed by atoms with Crippen molar-refractivity contribution in [3.8, 4) is 0 Å². The van der Waals surface area contributed by atoms with Crippen LogP contribution in [0.1, 0.15) is 33.4 Å². The second-order valence-corrected chi connectivity index (χ2v) is 8.65. The molecular formula is C27H29FN4. The summed E-state index contributed by atoms with van der Waals surface area (Å²) >= 11 is 0. The Morgan fingerprint density at radius 2 is 1.06 bits per heavy atom. The van der Waals surface area contributed by atoms with E-state index in [0.717, 1.165) is 11.4 Å². The van der Waals surface area contributed by atoms with E-state index in [4.69, 9.17) is 5.11 Å². The average Bonchev–Trinajstić information content (AvgIpc) is 3.09. The normalized spacial score (nSPS) is 14.2. The summed E-state index contributed by atoms with van der Waals surface area (Å²) in [6.07, 6.45) is 3.75. The van der Waals surface area contributed by atoms with Crippen LogP contribution in [-0.4, -0.2) is 6.29 Å². The van der Waals surface area contributed by atoms with Crippen molar-refractivity contribution in [3.63, 3.8) is 0 Å². The van der Waals surface area contributed by atoms with E-state index in [1.807, 2.05) is 0 Å². The first-order valence-corrected chi connectivity index (χ1v) is 10.8. The van der Waals surface area contributed by atoms with Crippen molar-refractivity contribution in [1.82, 2.24) is 0 Å². The third-order valence-electron chi connectivity index (χ3n) is 5.78. The van der Waals surface area contributed by atoms with Crippen LogP contribution in [-0.2, 0) is 0 Å². The van der Waals surface area contributed by atoms with E-state index in [1.54, 1.807) is 12.1 Å². The highest BCUT2D eigenvalue weighted by atomic mass is 19.1. The summed E-state index contributed by atoms with van der Waals surface area (Å²) in [6, 6.07) is 14.8. The summed E-state index contributed by atoms with van der Waals surface area (Å²) in [4.78, 5) is 4.33. The van der Waals surface area contributed by atoms with E-state index in [-0.39, 0.29) is 12.1 Å². The fourth-order valence-corrected chi connectivity index (χ4v) is 4.71. The molecule has 0 aliphatic carbocycles. The van der Waals surface area contributed by atoms with E-state index in [0.29, 0.717) is 5.69 Å². The molecule has 4 nitrogen and oxygen atoms in total. The number of halogens is 1. The lowest BCUT2D eigenvalue weighted by Gasteiger charge is -2.32. The van der Waals surface area contributed by atoms with Crippen molar-refractivity contribution in [2.24, 2.45) is 10.2 Å². The minimum absolute atomic E-state index is 0.286. The van der Waals surface area contributed by atoms with Crippen molar-refractivity contribution < 1.29 is 4.39 Å². The summed E-state index contributed by atoms with van der Waals surface area (Å²) in [6.45, 7) is 12.7. The van der Waals surface area contributed by atoms with Crippen molar-refractivity contribution in [2.45, 2.75) is 47.8 Å². The van der Waals surface area contributed by atoms with Gasteiger partial charge in [0.1, 0.15) is 5.82 Å². The molecule has 0 spiro atoms. The molecule has 3 aromatic carbocycles. The van der Waals surface area contributed by atoms with Crippen LogP contribution >= 0.6 is 0 Å². The van der Waals surface area contributed by atoms with Gasteiger partial charge in [-0.15, -0.1) is 5.11 Å². The fourth-order valence-electron chi connectivity index (χ4n) is 4.71. The second kappa shape index (κ2) is 8.58. The maximum Gasteiger partial charge on any atom is 0.226 e. The Kier molecular flexibility index (Phi) is 5.83. The Balaban J connectivity index is 1.81. The molecule has 1 heterocycles. The van der Waals surface area contributed by atoms with Gasteiger partial charge in [-0.05, 0) is 88.1 Å². The molecule has 3 aromatic rings. The number of aryl methyl sites for hydroxylation is 6. The number of azo groups is 1. The van der Waals surface area contributed by atoms with E-state index < -0.39 is 0 Å². The molecule has 164 valence electrons. The van der Waals surface area contributed by atoms with Crippen LogP contribution in [0.4, 0.5) is 21.5 Å². The molecule has 0 unspecified atom stereocenters. The Labute approximate surface area is 189 Å². The molecule has 0 bridgehead atoms. The number of hydrogen-bond donors (Lipinski definition) is 0. The fraction of sp³-hybridized carbons (Fsp3) is 0.259. The zero-order valence-electron chi connectivity index (χ0n) is 19.5. The average molecular weight is 429 g/mol. The maximum absolute atomic E-state index is 13.3. The molecule has 0 atom stereocenters. The highest BCUT2D eigenvalue weighted by Crippen LogP contribution is 2.37. The summed E-state index contributed by atoms with van der Waals surface area (Å²) in [5.74, 6) is -0.286. The van der Waals surface area contributed by atoms with Crippen LogP contribution in [0, 0.1) is 47.4 Å². The van der Waals surface area contributed by atoms with Gasteiger partial charge in [-0.1, -0.05) is 35.4 Å². The first-order chi connectivity index (χ1) is 15.2. The van der Waals surface area contributed by atoms with Gasteiger partial charge in [0.25, 0.3) is 0 Å². The first kappa shape index (κ1) is 21.8. The lowest BCUT2D eigenvalue weighted by Crippen LogP contribution is -2.38. The molecule has 0 aromatic heterocycles. The molecule has 4 rings (SSSR count). The van der Waals surface area contributed by atoms with Crippen LogP contribution < -0.4 is 9.80 Å². The summed E-state index contributed by atoms with van der Waals surface area (Å²) in [7, 11) is 0. The van der Waals surface area contributed by atoms with E-state index in [9.17, 15) is 4.39 Å². The molecular weight excluding hydrogens is 399 g/mol. The van der Waals surface area contributed by atoms with Gasteiger partial charge >= 0.3 is 0 Å². The minimum atomic E-state index is -0.389. The molecule has 0 N–H and O–H groups in total. The molecule has 0 amide bonds. The van der Waals surface area contributed by atoms with Gasteiger partial charge in [-0.25, -0.2) is 4.39 Å². The van der Waals surface area contributed by atoms with Gasteiger partial charge in [0, 0.05) is 12.4 Å². The SMILES string of the molecule is Cc1cc(C)c(N2C=CN(c3c(C)cc(C)cc3C)C2/N=N/c2ccc(F)cc2)c(C)c1. The quantitative estimate of drug-likeness (QED) is 0.402. The van der Waals surface area contributed by atoms with Crippen molar-refractivity contribution in [1.29, 1.82) is 0 Å². The molecule has 0 radical (unpaired) electrons. The molecule has 0 saturated carbocycles. The topological polar surface area (TPSA) is 31.2 Å². The lowest BCUT2D eigenvalue weighted by molar-refractivity contribution is 0.627. The number of anilines is 2. The zero-order valence-corrected chi connectivity index (χ0v) is 19.5.